The van der Waals surface area contributed by atoms with E-state index in [1.54, 1.807) is 0 Å². The highest BCUT2D eigenvalue weighted by Gasteiger charge is 2.32. The highest BCUT2D eigenvalue weighted by Crippen LogP contribution is 2.30. The van der Waals surface area contributed by atoms with E-state index in [1.165, 1.54) is 12.1 Å². The van der Waals surface area contributed by atoms with Gasteiger partial charge in [0.2, 0.25) is 5.91 Å². The molecule has 0 radical (unpaired) electrons. The molecule has 10 heteroatoms. The lowest BCUT2D eigenvalue weighted by Gasteiger charge is -2.15. The van der Waals surface area contributed by atoms with Gasteiger partial charge in [-0.1, -0.05) is 18.5 Å². The molecule has 0 unspecified atom stereocenters. The van der Waals surface area contributed by atoms with E-state index in [0.29, 0.717) is 0 Å². The number of para-hydroxylation sites is 2. The summed E-state index contributed by atoms with van der Waals surface area (Å²) in [6, 6.07) is 4.58. The average molecular weight is 300 g/mol. The largest absolute Gasteiger partial charge is 0.573 e. The first-order valence-corrected chi connectivity index (χ1v) is 5.42. The predicted octanol–water partition coefficient (Wildman–Crippen LogP) is 3.76. The van der Waals surface area contributed by atoms with E-state index in [9.17, 15) is 30.9 Å². The number of halogens is 6. The molecular formula is C10H9BF6NO2-. The third-order valence-electron chi connectivity index (χ3n) is 2.09. The minimum atomic E-state index is -5.12. The minimum Gasteiger partial charge on any atom is -0.449 e. The highest BCUT2D eigenvalue weighted by atomic mass is 19.4. The van der Waals surface area contributed by atoms with Crippen LogP contribution >= 0.6 is 0 Å². The summed E-state index contributed by atoms with van der Waals surface area (Å²) in [5.74, 6) is -1.73. The van der Waals surface area contributed by atoms with Crippen LogP contribution in [0.3, 0.4) is 0 Å². The van der Waals surface area contributed by atoms with Crippen LogP contribution in [0.25, 0.3) is 0 Å². The summed E-state index contributed by atoms with van der Waals surface area (Å²) in [4.78, 5) is 11.2. The lowest BCUT2D eigenvalue weighted by atomic mass is 9.84. The first-order valence-electron chi connectivity index (χ1n) is 5.42. The number of benzene rings is 1. The van der Waals surface area contributed by atoms with Crippen molar-refractivity contribution in [3.8, 4) is 5.75 Å². The Bertz CT molecular complexity index is 474. The number of hydrogen-bond donors (Lipinski definition) is 1. The van der Waals surface area contributed by atoms with Gasteiger partial charge in [-0.15, -0.1) is 13.2 Å². The van der Waals surface area contributed by atoms with Gasteiger partial charge in [-0.3, -0.25) is 4.79 Å². The number of ether oxygens (including phenoxy) is 1. The van der Waals surface area contributed by atoms with Gasteiger partial charge in [0, 0.05) is 6.42 Å². The fourth-order valence-corrected chi connectivity index (χ4v) is 1.29. The molecule has 0 spiro atoms. The Kier molecular flexibility index (Phi) is 4.90. The third-order valence-corrected chi connectivity index (χ3v) is 2.09. The molecule has 1 aromatic rings. The molecule has 0 saturated heterocycles. The maximum absolute atomic E-state index is 12.1. The van der Waals surface area contributed by atoms with Gasteiger partial charge in [0.25, 0.3) is 0 Å². The molecule has 0 aromatic heterocycles. The normalized spacial score (nSPS) is 12.1. The summed E-state index contributed by atoms with van der Waals surface area (Å²) in [5.41, 5.74) is -0.343. The van der Waals surface area contributed by atoms with E-state index in [-0.39, 0.29) is 5.69 Å². The van der Waals surface area contributed by atoms with E-state index in [2.05, 4.69) is 4.74 Å². The van der Waals surface area contributed by atoms with Crippen LogP contribution in [0, 0.1) is 0 Å². The van der Waals surface area contributed by atoms with Crippen molar-refractivity contribution in [1.82, 2.24) is 0 Å². The van der Waals surface area contributed by atoms with Gasteiger partial charge in [-0.05, 0) is 12.1 Å². The van der Waals surface area contributed by atoms with Gasteiger partial charge in [-0.25, -0.2) is 0 Å². The van der Waals surface area contributed by atoms with E-state index < -0.39 is 37.7 Å². The Morgan fingerprint density at radius 3 is 2.35 bits per heavy atom. The van der Waals surface area contributed by atoms with Crippen molar-refractivity contribution in [2.24, 2.45) is 0 Å². The summed E-state index contributed by atoms with van der Waals surface area (Å²) in [7, 11) is 0. The van der Waals surface area contributed by atoms with Crippen molar-refractivity contribution < 1.29 is 35.6 Å². The number of carbonyl (C=O) groups is 1. The smallest absolute Gasteiger partial charge is 0.449 e. The van der Waals surface area contributed by atoms with Crippen LogP contribution in [0.4, 0.5) is 31.8 Å². The Morgan fingerprint density at radius 2 is 1.80 bits per heavy atom. The molecule has 0 atom stereocenters. The molecule has 1 amide bonds. The van der Waals surface area contributed by atoms with E-state index in [0.717, 1.165) is 12.1 Å². The Hall–Kier alpha value is -1.87. The molecule has 0 heterocycles. The van der Waals surface area contributed by atoms with Gasteiger partial charge in [0.1, 0.15) is 0 Å². The van der Waals surface area contributed by atoms with Crippen LogP contribution < -0.4 is 10.1 Å². The Labute approximate surface area is 110 Å². The molecule has 0 aliphatic rings. The molecule has 1 aromatic carbocycles. The third kappa shape index (κ3) is 6.35. The van der Waals surface area contributed by atoms with Gasteiger partial charge in [-0.2, -0.15) is 0 Å². The summed E-state index contributed by atoms with van der Waals surface area (Å²) >= 11 is 0. The molecule has 0 fully saturated rings. The van der Waals surface area contributed by atoms with Gasteiger partial charge in [0.15, 0.2) is 5.75 Å². The summed E-state index contributed by atoms with van der Waals surface area (Å²) < 4.78 is 75.8. The molecule has 20 heavy (non-hydrogen) atoms. The summed E-state index contributed by atoms with van der Waals surface area (Å²) in [6.07, 6.45) is -7.12. The van der Waals surface area contributed by atoms with Crippen LogP contribution in [-0.2, 0) is 4.79 Å². The van der Waals surface area contributed by atoms with E-state index in [1.807, 2.05) is 5.32 Å². The fourth-order valence-electron chi connectivity index (χ4n) is 1.29. The lowest BCUT2D eigenvalue weighted by molar-refractivity contribution is -0.274. The molecule has 1 N–H and O–H groups in total. The number of carbonyl (C=O) groups excluding carboxylic acids is 1. The first-order chi connectivity index (χ1) is 9.07. The van der Waals surface area contributed by atoms with Crippen molar-refractivity contribution in [1.29, 1.82) is 0 Å². The predicted molar refractivity (Wildman–Crippen MR) is 60.3 cm³/mol. The lowest BCUT2D eigenvalue weighted by Crippen LogP contribution is -2.21. The van der Waals surface area contributed by atoms with E-state index in [4.69, 9.17) is 0 Å². The van der Waals surface area contributed by atoms with E-state index >= 15 is 0 Å². The van der Waals surface area contributed by atoms with Crippen molar-refractivity contribution in [2.45, 2.75) is 19.1 Å². The van der Waals surface area contributed by atoms with Crippen molar-refractivity contribution in [3.05, 3.63) is 24.3 Å². The minimum absolute atomic E-state index is 0.343. The summed E-state index contributed by atoms with van der Waals surface area (Å²) in [5, 5.41) is 1.95. The molecule has 0 aliphatic heterocycles. The monoisotopic (exact) mass is 300 g/mol. The quantitative estimate of drug-likeness (QED) is 0.664. The number of hydrogen-bond acceptors (Lipinski definition) is 2. The molecule has 0 bridgehead atoms. The number of rotatable bonds is 5. The highest BCUT2D eigenvalue weighted by molar-refractivity contribution is 6.58. The SMILES string of the molecule is O=C(CC[B-](F)(F)F)Nc1ccccc1OC(F)(F)F. The van der Waals surface area contributed by atoms with Crippen molar-refractivity contribution in [2.75, 3.05) is 5.32 Å². The average Bonchev–Trinajstić information content (AvgIpc) is 2.26. The molecule has 112 valence electrons. The zero-order valence-electron chi connectivity index (χ0n) is 9.89. The molecule has 1 rings (SSSR count). The van der Waals surface area contributed by atoms with Crippen LogP contribution in [0.15, 0.2) is 24.3 Å². The topological polar surface area (TPSA) is 38.3 Å². The molecule has 0 saturated carbocycles. The van der Waals surface area contributed by atoms with Crippen LogP contribution in [0.1, 0.15) is 6.42 Å². The fraction of sp³-hybridized carbons (Fsp3) is 0.300. The number of alkyl halides is 3. The first kappa shape index (κ1) is 16.2. The van der Waals surface area contributed by atoms with Crippen molar-refractivity contribution >= 4 is 18.6 Å². The second-order valence-electron chi connectivity index (χ2n) is 3.84. The van der Waals surface area contributed by atoms with Crippen LogP contribution in [0.2, 0.25) is 6.32 Å². The van der Waals surface area contributed by atoms with Crippen LogP contribution in [-0.4, -0.2) is 19.2 Å². The van der Waals surface area contributed by atoms with Gasteiger partial charge < -0.3 is 23.0 Å². The van der Waals surface area contributed by atoms with Gasteiger partial charge in [0.05, 0.1) is 5.69 Å². The number of anilines is 1. The molecule has 0 aliphatic carbocycles. The number of nitrogens with one attached hydrogen (secondary N) is 1. The molecule has 3 nitrogen and oxygen atoms in total. The maximum Gasteiger partial charge on any atom is 0.573 e. The van der Waals surface area contributed by atoms with Crippen molar-refractivity contribution in [3.63, 3.8) is 0 Å². The van der Waals surface area contributed by atoms with Gasteiger partial charge >= 0.3 is 13.3 Å². The molecular weight excluding hydrogens is 291 g/mol. The zero-order chi connectivity index (χ0) is 15.4. The second kappa shape index (κ2) is 6.06. The standard InChI is InChI=1S/C10H9BF6NO2/c12-10(13,14)20-8-4-2-1-3-7(8)18-9(19)5-6-11(15,16)17/h1-4H,5-6H2,(H,18,19)/q-1. The number of amides is 1. The Morgan fingerprint density at radius 1 is 1.20 bits per heavy atom. The summed E-state index contributed by atoms with van der Waals surface area (Å²) in [6.45, 7) is -5.12. The second-order valence-corrected chi connectivity index (χ2v) is 3.84. The Balaban J connectivity index is 2.70. The zero-order valence-corrected chi connectivity index (χ0v) is 9.89. The van der Waals surface area contributed by atoms with Crippen LogP contribution in [0.5, 0.6) is 5.75 Å². The maximum atomic E-state index is 12.1.